The summed E-state index contributed by atoms with van der Waals surface area (Å²) >= 11 is 0. The van der Waals surface area contributed by atoms with Crippen molar-refractivity contribution in [2.24, 2.45) is 11.7 Å². The molecule has 29 heavy (non-hydrogen) atoms. The summed E-state index contributed by atoms with van der Waals surface area (Å²) in [7, 11) is 3.18. The zero-order valence-electron chi connectivity index (χ0n) is 16.7. The Hall–Kier alpha value is -3.22. The van der Waals surface area contributed by atoms with Crippen molar-refractivity contribution in [3.8, 4) is 17.2 Å². The maximum Gasteiger partial charge on any atom is 0.253 e. The summed E-state index contributed by atoms with van der Waals surface area (Å²) in [5.41, 5.74) is 6.71. The molecule has 1 saturated heterocycles. The third-order valence-corrected chi connectivity index (χ3v) is 5.15. The van der Waals surface area contributed by atoms with Crippen LogP contribution in [0.5, 0.6) is 17.2 Å². The molecule has 2 amide bonds. The van der Waals surface area contributed by atoms with Gasteiger partial charge in [0.25, 0.3) is 5.91 Å². The zero-order chi connectivity index (χ0) is 20.8. The summed E-state index contributed by atoms with van der Waals surface area (Å²) in [6.45, 7) is 1.30. The molecule has 2 aromatic carbocycles. The van der Waals surface area contributed by atoms with E-state index in [-0.39, 0.29) is 24.3 Å². The molecular weight excluding hydrogens is 372 g/mol. The minimum Gasteiger partial charge on any atom is -0.497 e. The number of carbonyl (C=O) groups excluding carboxylic acids is 2. The van der Waals surface area contributed by atoms with Crippen LogP contribution >= 0.6 is 0 Å². The molecular formula is C22H26N2O5. The second-order valence-electron chi connectivity index (χ2n) is 6.96. The van der Waals surface area contributed by atoms with Gasteiger partial charge in [-0.3, -0.25) is 9.59 Å². The molecule has 2 aromatic rings. The molecule has 0 aromatic heterocycles. The van der Waals surface area contributed by atoms with Crippen LogP contribution in [0.2, 0.25) is 0 Å². The molecule has 2 N–H and O–H groups in total. The van der Waals surface area contributed by atoms with Crippen LogP contribution in [0, 0.1) is 5.92 Å². The second kappa shape index (κ2) is 9.32. The van der Waals surface area contributed by atoms with Crippen LogP contribution < -0.4 is 19.9 Å². The number of primary amides is 1. The molecule has 0 unspecified atom stereocenters. The SMILES string of the molecule is COc1cccc(OCc2cc(C(=O)N3CCC(C(N)=O)CC3)ccc2OC)c1. The van der Waals surface area contributed by atoms with E-state index in [1.165, 1.54) is 0 Å². The van der Waals surface area contributed by atoms with Crippen LogP contribution in [0.4, 0.5) is 0 Å². The molecule has 0 atom stereocenters. The molecule has 154 valence electrons. The van der Waals surface area contributed by atoms with Crippen molar-refractivity contribution in [1.29, 1.82) is 0 Å². The van der Waals surface area contributed by atoms with Crippen molar-refractivity contribution in [1.82, 2.24) is 4.90 Å². The van der Waals surface area contributed by atoms with Gasteiger partial charge in [0, 0.05) is 36.2 Å². The van der Waals surface area contributed by atoms with Gasteiger partial charge in [0.15, 0.2) is 0 Å². The normalized spacial score (nSPS) is 14.3. The number of hydrogen-bond acceptors (Lipinski definition) is 5. The fourth-order valence-corrected chi connectivity index (χ4v) is 3.43. The Bertz CT molecular complexity index is 875. The Morgan fingerprint density at radius 3 is 2.41 bits per heavy atom. The van der Waals surface area contributed by atoms with Gasteiger partial charge in [0.05, 0.1) is 14.2 Å². The average molecular weight is 398 g/mol. The highest BCUT2D eigenvalue weighted by molar-refractivity contribution is 5.94. The number of piperidine rings is 1. The Balaban J connectivity index is 1.71. The smallest absolute Gasteiger partial charge is 0.253 e. The van der Waals surface area contributed by atoms with Crippen molar-refractivity contribution >= 4 is 11.8 Å². The first-order chi connectivity index (χ1) is 14.0. The highest BCUT2D eigenvalue weighted by atomic mass is 16.5. The maximum absolute atomic E-state index is 12.9. The van der Waals surface area contributed by atoms with Crippen LogP contribution in [0.1, 0.15) is 28.8 Å². The molecule has 0 radical (unpaired) electrons. The molecule has 1 aliphatic heterocycles. The molecule has 1 fully saturated rings. The largest absolute Gasteiger partial charge is 0.497 e. The summed E-state index contributed by atoms with van der Waals surface area (Å²) in [5.74, 6) is 1.50. The topological polar surface area (TPSA) is 91.1 Å². The lowest BCUT2D eigenvalue weighted by Gasteiger charge is -2.30. The fraction of sp³-hybridized carbons (Fsp3) is 0.364. The minimum absolute atomic E-state index is 0.0711. The van der Waals surface area contributed by atoms with Gasteiger partial charge >= 0.3 is 0 Å². The van der Waals surface area contributed by atoms with Gasteiger partial charge in [-0.2, -0.15) is 0 Å². The van der Waals surface area contributed by atoms with Crippen molar-refractivity contribution in [2.45, 2.75) is 19.4 Å². The number of ether oxygens (including phenoxy) is 3. The van der Waals surface area contributed by atoms with E-state index >= 15 is 0 Å². The lowest BCUT2D eigenvalue weighted by atomic mass is 9.95. The van der Waals surface area contributed by atoms with Gasteiger partial charge < -0.3 is 24.8 Å². The summed E-state index contributed by atoms with van der Waals surface area (Å²) in [6.07, 6.45) is 1.20. The highest BCUT2D eigenvalue weighted by Gasteiger charge is 2.26. The molecule has 0 spiro atoms. The highest BCUT2D eigenvalue weighted by Crippen LogP contribution is 2.26. The number of nitrogens with zero attached hydrogens (tertiary/aromatic N) is 1. The van der Waals surface area contributed by atoms with E-state index in [0.717, 1.165) is 5.56 Å². The Morgan fingerprint density at radius 2 is 1.76 bits per heavy atom. The van der Waals surface area contributed by atoms with Crippen LogP contribution in [-0.2, 0) is 11.4 Å². The lowest BCUT2D eigenvalue weighted by molar-refractivity contribution is -0.123. The number of amides is 2. The van der Waals surface area contributed by atoms with Gasteiger partial charge in [0.2, 0.25) is 5.91 Å². The number of rotatable bonds is 7. The van der Waals surface area contributed by atoms with E-state index in [1.54, 1.807) is 43.4 Å². The first kappa shape index (κ1) is 20.5. The summed E-state index contributed by atoms with van der Waals surface area (Å²) in [4.78, 5) is 26.0. The molecule has 7 nitrogen and oxygen atoms in total. The number of nitrogens with two attached hydrogens (primary N) is 1. The van der Waals surface area contributed by atoms with Gasteiger partial charge in [-0.1, -0.05) is 6.07 Å². The van der Waals surface area contributed by atoms with Gasteiger partial charge in [-0.25, -0.2) is 0 Å². The van der Waals surface area contributed by atoms with Crippen molar-refractivity contribution in [3.63, 3.8) is 0 Å². The van der Waals surface area contributed by atoms with E-state index in [2.05, 4.69) is 0 Å². The monoisotopic (exact) mass is 398 g/mol. The predicted octanol–water partition coefficient (Wildman–Crippen LogP) is 2.62. The lowest BCUT2D eigenvalue weighted by Crippen LogP contribution is -2.41. The van der Waals surface area contributed by atoms with E-state index in [9.17, 15) is 9.59 Å². The third kappa shape index (κ3) is 4.99. The second-order valence-corrected chi connectivity index (χ2v) is 6.96. The van der Waals surface area contributed by atoms with E-state index in [0.29, 0.717) is 48.7 Å². The molecule has 0 saturated carbocycles. The van der Waals surface area contributed by atoms with Gasteiger partial charge in [-0.05, 0) is 43.2 Å². The van der Waals surface area contributed by atoms with Crippen LogP contribution in [0.25, 0.3) is 0 Å². The van der Waals surface area contributed by atoms with E-state index in [1.807, 2.05) is 18.2 Å². The quantitative estimate of drug-likeness (QED) is 0.774. The van der Waals surface area contributed by atoms with E-state index < -0.39 is 0 Å². The minimum atomic E-state index is -0.293. The van der Waals surface area contributed by atoms with Crippen molar-refractivity contribution in [2.75, 3.05) is 27.3 Å². The Labute approximate surface area is 170 Å². The first-order valence-corrected chi connectivity index (χ1v) is 9.54. The Morgan fingerprint density at radius 1 is 1.03 bits per heavy atom. The number of carbonyl (C=O) groups is 2. The summed E-state index contributed by atoms with van der Waals surface area (Å²) < 4.78 is 16.5. The van der Waals surface area contributed by atoms with Gasteiger partial charge in [0.1, 0.15) is 23.9 Å². The van der Waals surface area contributed by atoms with Crippen LogP contribution in [0.3, 0.4) is 0 Å². The van der Waals surface area contributed by atoms with Crippen molar-refractivity contribution in [3.05, 3.63) is 53.6 Å². The van der Waals surface area contributed by atoms with Crippen LogP contribution in [-0.4, -0.2) is 44.0 Å². The summed E-state index contributed by atoms with van der Waals surface area (Å²) in [6, 6.07) is 12.6. The molecule has 1 aliphatic rings. The number of benzene rings is 2. The number of likely N-dealkylation sites (tertiary alicyclic amines) is 1. The predicted molar refractivity (Wildman–Crippen MR) is 108 cm³/mol. The first-order valence-electron chi connectivity index (χ1n) is 9.54. The fourth-order valence-electron chi connectivity index (χ4n) is 3.43. The number of hydrogen-bond donors (Lipinski definition) is 1. The molecule has 1 heterocycles. The third-order valence-electron chi connectivity index (χ3n) is 5.15. The summed E-state index contributed by atoms with van der Waals surface area (Å²) in [5, 5.41) is 0. The standard InChI is InChI=1S/C22H26N2O5/c1-27-18-4-3-5-19(13-18)29-14-17-12-16(6-7-20(17)28-2)22(26)24-10-8-15(9-11-24)21(23)25/h3-7,12-13,15H,8-11,14H2,1-2H3,(H2,23,25). The van der Waals surface area contributed by atoms with Crippen LogP contribution in [0.15, 0.2) is 42.5 Å². The van der Waals surface area contributed by atoms with Crippen molar-refractivity contribution < 1.29 is 23.8 Å². The van der Waals surface area contributed by atoms with E-state index in [4.69, 9.17) is 19.9 Å². The molecule has 0 bridgehead atoms. The Kier molecular flexibility index (Phi) is 6.59. The molecule has 0 aliphatic carbocycles. The maximum atomic E-state index is 12.9. The number of methoxy groups -OCH3 is 2. The molecule has 7 heteroatoms. The average Bonchev–Trinajstić information content (AvgIpc) is 2.77. The van der Waals surface area contributed by atoms with Gasteiger partial charge in [-0.15, -0.1) is 0 Å². The zero-order valence-corrected chi connectivity index (χ0v) is 16.7. The molecule has 3 rings (SSSR count).